The second-order valence-corrected chi connectivity index (χ2v) is 7.42. The van der Waals surface area contributed by atoms with Gasteiger partial charge in [-0.2, -0.15) is 0 Å². The van der Waals surface area contributed by atoms with Gasteiger partial charge in [0, 0.05) is 51.2 Å². The third-order valence-electron chi connectivity index (χ3n) is 5.85. The molecule has 3 heterocycles. The van der Waals surface area contributed by atoms with Gasteiger partial charge in [0.05, 0.1) is 11.0 Å². The van der Waals surface area contributed by atoms with Crippen molar-refractivity contribution in [1.29, 1.82) is 0 Å². The number of aryl methyl sites for hydroxylation is 1. The number of ether oxygens (including phenoxy) is 1. The molecule has 2 aromatic rings. The molecular formula is C19H25FN4O2. The van der Waals surface area contributed by atoms with E-state index >= 15 is 0 Å². The molecule has 0 atom stereocenters. The number of likely N-dealkylation sites (N-methyl/N-ethyl adjacent to an activating group) is 1. The highest BCUT2D eigenvalue weighted by atomic mass is 19.1. The van der Waals surface area contributed by atoms with Crippen LogP contribution in [0.15, 0.2) is 18.2 Å². The van der Waals surface area contributed by atoms with E-state index in [-0.39, 0.29) is 17.3 Å². The van der Waals surface area contributed by atoms with Gasteiger partial charge in [0.25, 0.3) is 0 Å². The first-order chi connectivity index (χ1) is 12.6. The summed E-state index contributed by atoms with van der Waals surface area (Å²) in [6.07, 6.45) is 2.90. The summed E-state index contributed by atoms with van der Waals surface area (Å²) in [7, 11) is 2.15. The number of benzene rings is 1. The molecule has 4 rings (SSSR count). The summed E-state index contributed by atoms with van der Waals surface area (Å²) >= 11 is 0. The third-order valence-corrected chi connectivity index (χ3v) is 5.85. The second-order valence-electron chi connectivity index (χ2n) is 7.42. The number of carbonyl (C=O) groups excluding carboxylic acids is 1. The Morgan fingerprint density at radius 2 is 2.15 bits per heavy atom. The standard InChI is InChI=1S/C19H25FN4O2/c1-23-8-9-24(13-19(23)6-10-26-11-7-19)18(25)5-4-17-21-15-3-2-14(20)12-16(15)22-17/h2-3,12H,4-11,13H2,1H3,(H,21,22). The SMILES string of the molecule is CN1CCN(C(=O)CCc2nc3ccc(F)cc3[nH]2)CC12CCOCC2. The van der Waals surface area contributed by atoms with Gasteiger partial charge in [0.2, 0.25) is 5.91 Å². The van der Waals surface area contributed by atoms with Crippen LogP contribution in [-0.4, -0.2) is 71.1 Å². The maximum atomic E-state index is 13.3. The van der Waals surface area contributed by atoms with Crippen LogP contribution in [0.2, 0.25) is 0 Å². The molecule has 26 heavy (non-hydrogen) atoms. The molecule has 0 saturated carbocycles. The van der Waals surface area contributed by atoms with Crippen molar-refractivity contribution in [2.24, 2.45) is 0 Å². The lowest BCUT2D eigenvalue weighted by Gasteiger charge is -2.51. The van der Waals surface area contributed by atoms with Crippen LogP contribution in [0.5, 0.6) is 0 Å². The van der Waals surface area contributed by atoms with E-state index in [0.717, 1.165) is 57.0 Å². The molecule has 2 fully saturated rings. The summed E-state index contributed by atoms with van der Waals surface area (Å²) in [4.78, 5) is 24.7. The number of piperazine rings is 1. The van der Waals surface area contributed by atoms with E-state index in [1.54, 1.807) is 6.07 Å². The maximum Gasteiger partial charge on any atom is 0.223 e. The van der Waals surface area contributed by atoms with Crippen LogP contribution < -0.4 is 0 Å². The van der Waals surface area contributed by atoms with Gasteiger partial charge >= 0.3 is 0 Å². The number of rotatable bonds is 3. The number of imidazole rings is 1. The molecule has 1 N–H and O–H groups in total. The number of amides is 1. The number of aromatic nitrogens is 2. The Bertz CT molecular complexity index is 800. The number of H-pyrrole nitrogens is 1. The van der Waals surface area contributed by atoms with Crippen LogP contribution in [0.4, 0.5) is 4.39 Å². The summed E-state index contributed by atoms with van der Waals surface area (Å²) in [6.45, 7) is 3.97. The van der Waals surface area contributed by atoms with E-state index in [1.165, 1.54) is 12.1 Å². The van der Waals surface area contributed by atoms with Crippen LogP contribution >= 0.6 is 0 Å². The average molecular weight is 360 g/mol. The molecule has 0 bridgehead atoms. The number of nitrogens with one attached hydrogen (secondary N) is 1. The Kier molecular flexibility index (Phi) is 4.67. The van der Waals surface area contributed by atoms with Gasteiger partial charge in [0.1, 0.15) is 11.6 Å². The molecule has 2 aliphatic heterocycles. The number of hydrogen-bond donors (Lipinski definition) is 1. The van der Waals surface area contributed by atoms with E-state index in [1.807, 2.05) is 4.90 Å². The zero-order valence-corrected chi connectivity index (χ0v) is 15.1. The summed E-state index contributed by atoms with van der Waals surface area (Å²) in [5, 5.41) is 0. The van der Waals surface area contributed by atoms with Gasteiger partial charge in [-0.25, -0.2) is 9.37 Å². The molecule has 2 saturated heterocycles. The predicted molar refractivity (Wildman–Crippen MR) is 96.4 cm³/mol. The Balaban J connectivity index is 1.39. The fourth-order valence-electron chi connectivity index (χ4n) is 4.10. The Hall–Kier alpha value is -1.99. The molecule has 2 aliphatic rings. The van der Waals surface area contributed by atoms with Crippen LogP contribution in [0.3, 0.4) is 0 Å². The molecule has 1 amide bonds. The Labute approximate surface area is 152 Å². The third kappa shape index (κ3) is 3.33. The van der Waals surface area contributed by atoms with Crippen molar-refractivity contribution in [1.82, 2.24) is 19.8 Å². The van der Waals surface area contributed by atoms with E-state index in [4.69, 9.17) is 4.74 Å². The molecule has 6 nitrogen and oxygen atoms in total. The zero-order valence-electron chi connectivity index (χ0n) is 15.1. The van der Waals surface area contributed by atoms with Crippen molar-refractivity contribution >= 4 is 16.9 Å². The highest BCUT2D eigenvalue weighted by Gasteiger charge is 2.42. The van der Waals surface area contributed by atoms with Crippen molar-refractivity contribution in [2.75, 3.05) is 39.9 Å². The van der Waals surface area contributed by atoms with E-state index < -0.39 is 0 Å². The van der Waals surface area contributed by atoms with Gasteiger partial charge in [-0.1, -0.05) is 0 Å². The first-order valence-electron chi connectivity index (χ1n) is 9.27. The van der Waals surface area contributed by atoms with Gasteiger partial charge in [-0.15, -0.1) is 0 Å². The molecular weight excluding hydrogens is 335 g/mol. The lowest BCUT2D eigenvalue weighted by Crippen LogP contribution is -2.63. The van der Waals surface area contributed by atoms with Gasteiger partial charge in [-0.3, -0.25) is 9.69 Å². The first kappa shape index (κ1) is 17.4. The Morgan fingerprint density at radius 1 is 1.35 bits per heavy atom. The Morgan fingerprint density at radius 3 is 2.96 bits per heavy atom. The number of nitrogens with zero attached hydrogens (tertiary/aromatic N) is 3. The largest absolute Gasteiger partial charge is 0.381 e. The van der Waals surface area contributed by atoms with Gasteiger partial charge < -0.3 is 14.6 Å². The lowest BCUT2D eigenvalue weighted by molar-refractivity contribution is -0.139. The van der Waals surface area contributed by atoms with Crippen molar-refractivity contribution in [2.45, 2.75) is 31.2 Å². The molecule has 1 spiro atoms. The monoisotopic (exact) mass is 360 g/mol. The quantitative estimate of drug-likeness (QED) is 0.909. The average Bonchev–Trinajstić information content (AvgIpc) is 3.05. The number of carbonyl (C=O) groups is 1. The summed E-state index contributed by atoms with van der Waals surface area (Å²) in [5.41, 5.74) is 1.46. The molecule has 0 unspecified atom stereocenters. The smallest absolute Gasteiger partial charge is 0.223 e. The van der Waals surface area contributed by atoms with Crippen LogP contribution in [0, 0.1) is 5.82 Å². The van der Waals surface area contributed by atoms with Crippen molar-refractivity contribution in [3.63, 3.8) is 0 Å². The fourth-order valence-corrected chi connectivity index (χ4v) is 4.10. The van der Waals surface area contributed by atoms with Crippen LogP contribution in [-0.2, 0) is 16.0 Å². The minimum atomic E-state index is -0.289. The van der Waals surface area contributed by atoms with E-state index in [2.05, 4.69) is 21.9 Å². The summed E-state index contributed by atoms with van der Waals surface area (Å²) < 4.78 is 18.8. The molecule has 0 aliphatic carbocycles. The van der Waals surface area contributed by atoms with Crippen molar-refractivity contribution < 1.29 is 13.9 Å². The molecule has 0 radical (unpaired) electrons. The maximum absolute atomic E-state index is 13.3. The first-order valence-corrected chi connectivity index (χ1v) is 9.27. The molecule has 140 valence electrons. The molecule has 1 aromatic carbocycles. The van der Waals surface area contributed by atoms with Crippen LogP contribution in [0.25, 0.3) is 11.0 Å². The minimum absolute atomic E-state index is 0.0586. The van der Waals surface area contributed by atoms with Gasteiger partial charge in [-0.05, 0) is 38.1 Å². The highest BCUT2D eigenvalue weighted by molar-refractivity contribution is 5.77. The number of aromatic amines is 1. The topological polar surface area (TPSA) is 61.5 Å². The highest BCUT2D eigenvalue weighted by Crippen LogP contribution is 2.31. The lowest BCUT2D eigenvalue weighted by atomic mass is 9.86. The van der Waals surface area contributed by atoms with E-state index in [9.17, 15) is 9.18 Å². The van der Waals surface area contributed by atoms with Crippen LogP contribution in [0.1, 0.15) is 25.1 Å². The molecule has 7 heteroatoms. The van der Waals surface area contributed by atoms with Gasteiger partial charge in [0.15, 0.2) is 0 Å². The number of halogens is 1. The predicted octanol–water partition coefficient (Wildman–Crippen LogP) is 1.96. The fraction of sp³-hybridized carbons (Fsp3) is 0.579. The summed E-state index contributed by atoms with van der Waals surface area (Å²) in [6, 6.07) is 4.49. The van der Waals surface area contributed by atoms with E-state index in [0.29, 0.717) is 18.4 Å². The molecule has 1 aromatic heterocycles. The van der Waals surface area contributed by atoms with Crippen molar-refractivity contribution in [3.8, 4) is 0 Å². The summed E-state index contributed by atoms with van der Waals surface area (Å²) in [5.74, 6) is 0.604. The minimum Gasteiger partial charge on any atom is -0.381 e. The second kappa shape index (κ2) is 6.96. The zero-order chi connectivity index (χ0) is 18.1. The number of hydrogen-bond acceptors (Lipinski definition) is 4. The number of fused-ring (bicyclic) bond motifs is 1. The normalized spacial score (nSPS) is 20.8. The van der Waals surface area contributed by atoms with Crippen molar-refractivity contribution in [3.05, 3.63) is 29.8 Å².